The number of aliphatic carboxylic acids is 2. The normalized spacial score (nSPS) is 11.8. The Morgan fingerprint density at radius 3 is 1.52 bits per heavy atom. The highest BCUT2D eigenvalue weighted by atomic mass is 19.1. The Morgan fingerprint density at radius 1 is 0.607 bits per heavy atom. The molecule has 2 aromatic heterocycles. The minimum Gasteiger partial charge on any atom is -0.481 e. The third-order valence-electron chi connectivity index (χ3n) is 8.13. The van der Waals surface area contributed by atoms with Crippen molar-refractivity contribution in [3.8, 4) is 22.9 Å². The molecule has 0 radical (unpaired) electrons. The predicted molar refractivity (Wildman–Crippen MR) is 191 cm³/mol. The van der Waals surface area contributed by atoms with Crippen LogP contribution in [0.2, 0.25) is 0 Å². The molecule has 0 saturated heterocycles. The monoisotopic (exact) mass is 772 g/mol. The molecule has 6 rings (SSSR count). The SMILES string of the molecule is Cc1oc(-c2ccccc2F)nc1C(=O)N[C@@H](CC(=O)O)c1cccc(F)c1.Cc1oc(-c2ccccc2F)nc1C(=O)N[C@@H](CC(=O)O)c1ccccc1F. The molecule has 2 atom stereocenters. The predicted octanol–water partition coefficient (Wildman–Crippen LogP) is 7.75. The Hall–Kier alpha value is -7.10. The maximum absolute atomic E-state index is 14.1. The summed E-state index contributed by atoms with van der Waals surface area (Å²) in [6, 6.07) is 20.4. The fourth-order valence-corrected chi connectivity index (χ4v) is 5.49. The maximum atomic E-state index is 14.1. The number of nitrogens with zero attached hydrogens (tertiary/aromatic N) is 2. The lowest BCUT2D eigenvalue weighted by molar-refractivity contribution is -0.138. The Labute approximate surface area is 315 Å². The van der Waals surface area contributed by atoms with Crippen molar-refractivity contribution in [1.82, 2.24) is 20.6 Å². The maximum Gasteiger partial charge on any atom is 0.305 e. The van der Waals surface area contributed by atoms with Gasteiger partial charge >= 0.3 is 11.9 Å². The fraction of sp³-hybridized carbons (Fsp3) is 0.150. The summed E-state index contributed by atoms with van der Waals surface area (Å²) < 4.78 is 66.2. The van der Waals surface area contributed by atoms with E-state index in [1.165, 1.54) is 92.7 Å². The Balaban J connectivity index is 0.000000214. The summed E-state index contributed by atoms with van der Waals surface area (Å²) >= 11 is 0. The van der Waals surface area contributed by atoms with Crippen LogP contribution in [0.5, 0.6) is 0 Å². The molecule has 16 heteroatoms. The van der Waals surface area contributed by atoms with Gasteiger partial charge in [0.15, 0.2) is 11.4 Å². The number of carboxylic acids is 2. The number of hydrogen-bond acceptors (Lipinski definition) is 8. The molecule has 2 amide bonds. The van der Waals surface area contributed by atoms with Crippen LogP contribution in [0.15, 0.2) is 106 Å². The molecule has 6 aromatic rings. The molecule has 0 unspecified atom stereocenters. The van der Waals surface area contributed by atoms with Crippen LogP contribution in [0.1, 0.15) is 68.5 Å². The molecule has 0 aliphatic carbocycles. The first kappa shape index (κ1) is 40.1. The summed E-state index contributed by atoms with van der Waals surface area (Å²) in [6.07, 6.45) is -0.976. The Kier molecular flexibility index (Phi) is 12.8. The highest BCUT2D eigenvalue weighted by Gasteiger charge is 2.27. The zero-order valence-corrected chi connectivity index (χ0v) is 29.6. The number of carbonyl (C=O) groups excluding carboxylic acids is 2. The van der Waals surface area contributed by atoms with Crippen molar-refractivity contribution in [3.05, 3.63) is 154 Å². The van der Waals surface area contributed by atoms with Crippen LogP contribution in [0.3, 0.4) is 0 Å². The van der Waals surface area contributed by atoms with Gasteiger partial charge in [0.2, 0.25) is 11.8 Å². The average Bonchev–Trinajstić information content (AvgIpc) is 3.73. The third-order valence-corrected chi connectivity index (χ3v) is 8.13. The first-order chi connectivity index (χ1) is 26.7. The summed E-state index contributed by atoms with van der Waals surface area (Å²) in [5.74, 6) is -6.04. The number of amides is 2. The van der Waals surface area contributed by atoms with Crippen LogP contribution < -0.4 is 10.6 Å². The average molecular weight is 773 g/mol. The molecule has 0 fully saturated rings. The topological polar surface area (TPSA) is 185 Å². The first-order valence-electron chi connectivity index (χ1n) is 16.7. The second-order valence-electron chi connectivity index (χ2n) is 12.1. The second-order valence-corrected chi connectivity index (χ2v) is 12.1. The van der Waals surface area contributed by atoms with E-state index in [0.29, 0.717) is 5.56 Å². The van der Waals surface area contributed by atoms with Gasteiger partial charge in [-0.1, -0.05) is 54.6 Å². The lowest BCUT2D eigenvalue weighted by atomic mass is 10.0. The third kappa shape index (κ3) is 9.90. The number of halogens is 4. The van der Waals surface area contributed by atoms with E-state index in [1.807, 2.05) is 0 Å². The van der Waals surface area contributed by atoms with Gasteiger partial charge in [0.05, 0.1) is 36.1 Å². The van der Waals surface area contributed by atoms with E-state index in [1.54, 1.807) is 12.1 Å². The highest BCUT2D eigenvalue weighted by molar-refractivity contribution is 5.95. The van der Waals surface area contributed by atoms with Gasteiger partial charge in [0, 0.05) is 5.56 Å². The van der Waals surface area contributed by atoms with Crippen LogP contribution in [0, 0.1) is 37.1 Å². The number of aromatic nitrogens is 2. The standard InChI is InChI=1S/2C20H16F2N2O4/c1-11-18(24-20(28-11)13-7-3-5-9-15(13)22)19(27)23-16(10-17(25)26)12-6-2-4-8-14(12)21;1-11-18(24-20(28-11)14-7-2-3-8-15(14)22)19(27)23-16(10-17(25)26)12-5-4-6-13(21)9-12/h2*2-9,16H,10H2,1H3,(H,23,27)(H,25,26)/t2*16-/m00/s1. The summed E-state index contributed by atoms with van der Waals surface area (Å²) in [7, 11) is 0. The van der Waals surface area contributed by atoms with Crippen LogP contribution in [0.4, 0.5) is 17.6 Å². The van der Waals surface area contributed by atoms with E-state index in [9.17, 15) is 36.7 Å². The second kappa shape index (κ2) is 17.8. The van der Waals surface area contributed by atoms with Gasteiger partial charge in [-0.3, -0.25) is 19.2 Å². The van der Waals surface area contributed by atoms with Gasteiger partial charge in [-0.25, -0.2) is 27.5 Å². The van der Waals surface area contributed by atoms with Crippen molar-refractivity contribution in [2.24, 2.45) is 0 Å². The number of carbonyl (C=O) groups is 4. The van der Waals surface area contributed by atoms with Gasteiger partial charge < -0.3 is 29.7 Å². The van der Waals surface area contributed by atoms with Gasteiger partial charge in [-0.2, -0.15) is 0 Å². The highest BCUT2D eigenvalue weighted by Crippen LogP contribution is 2.27. The van der Waals surface area contributed by atoms with Crippen LogP contribution in [-0.2, 0) is 9.59 Å². The quantitative estimate of drug-likeness (QED) is 0.0897. The van der Waals surface area contributed by atoms with Crippen molar-refractivity contribution in [2.45, 2.75) is 38.8 Å². The molecule has 0 spiro atoms. The minimum atomic E-state index is -1.21. The molecule has 4 aromatic carbocycles. The molecule has 288 valence electrons. The van der Waals surface area contributed by atoms with Gasteiger partial charge in [0.25, 0.3) is 11.8 Å². The smallest absolute Gasteiger partial charge is 0.305 e. The Bertz CT molecular complexity index is 2400. The van der Waals surface area contributed by atoms with Crippen molar-refractivity contribution in [2.75, 3.05) is 0 Å². The van der Waals surface area contributed by atoms with Crippen LogP contribution in [-0.4, -0.2) is 43.9 Å². The number of benzene rings is 4. The molecular weight excluding hydrogens is 740 g/mol. The number of aryl methyl sites for hydroxylation is 2. The van der Waals surface area contributed by atoms with Gasteiger partial charge in [-0.15, -0.1) is 0 Å². The van der Waals surface area contributed by atoms with Gasteiger partial charge in [0.1, 0.15) is 34.8 Å². The van der Waals surface area contributed by atoms with Crippen LogP contribution >= 0.6 is 0 Å². The zero-order valence-electron chi connectivity index (χ0n) is 29.6. The lowest BCUT2D eigenvalue weighted by Gasteiger charge is -2.17. The Morgan fingerprint density at radius 2 is 1.05 bits per heavy atom. The van der Waals surface area contributed by atoms with Crippen LogP contribution in [0.25, 0.3) is 22.9 Å². The molecule has 0 saturated carbocycles. The molecular formula is C40H32F4N4O8. The van der Waals surface area contributed by atoms with E-state index >= 15 is 0 Å². The molecule has 0 aliphatic rings. The largest absolute Gasteiger partial charge is 0.481 e. The lowest BCUT2D eigenvalue weighted by Crippen LogP contribution is -2.31. The molecule has 0 aliphatic heterocycles. The number of hydrogen-bond donors (Lipinski definition) is 4. The van der Waals surface area contributed by atoms with E-state index in [0.717, 1.165) is 6.07 Å². The molecule has 4 N–H and O–H groups in total. The van der Waals surface area contributed by atoms with E-state index in [-0.39, 0.29) is 51.4 Å². The molecule has 0 bridgehead atoms. The summed E-state index contributed by atoms with van der Waals surface area (Å²) in [4.78, 5) is 55.6. The molecule has 56 heavy (non-hydrogen) atoms. The minimum absolute atomic E-state index is 0.0359. The molecule has 12 nitrogen and oxygen atoms in total. The van der Waals surface area contributed by atoms with E-state index in [2.05, 4.69) is 20.6 Å². The van der Waals surface area contributed by atoms with Crippen molar-refractivity contribution >= 4 is 23.8 Å². The summed E-state index contributed by atoms with van der Waals surface area (Å²) in [5.41, 5.74) is 0.271. The van der Waals surface area contributed by atoms with Crippen molar-refractivity contribution in [1.29, 1.82) is 0 Å². The first-order valence-corrected chi connectivity index (χ1v) is 16.7. The number of rotatable bonds is 12. The zero-order chi connectivity index (χ0) is 40.5. The van der Waals surface area contributed by atoms with Crippen molar-refractivity contribution in [3.63, 3.8) is 0 Å². The van der Waals surface area contributed by atoms with Crippen molar-refractivity contribution < 1.29 is 55.8 Å². The molecule has 2 heterocycles. The number of oxazole rings is 2. The van der Waals surface area contributed by atoms with Gasteiger partial charge in [-0.05, 0) is 61.9 Å². The number of carboxylic acid groups (broad SMARTS) is 2. The number of nitrogens with one attached hydrogen (secondary N) is 2. The summed E-state index contributed by atoms with van der Waals surface area (Å²) in [5, 5.41) is 23.2. The summed E-state index contributed by atoms with van der Waals surface area (Å²) in [6.45, 7) is 2.96. The van der Waals surface area contributed by atoms with E-state index < -0.39 is 71.9 Å². The fourth-order valence-electron chi connectivity index (χ4n) is 5.49. The van der Waals surface area contributed by atoms with E-state index in [4.69, 9.17) is 19.0 Å².